The third-order valence-electron chi connectivity index (χ3n) is 2.80. The minimum Gasteiger partial charge on any atom is -0.453 e. The predicted molar refractivity (Wildman–Crippen MR) is 79.2 cm³/mol. The first kappa shape index (κ1) is 15.1. The van der Waals surface area contributed by atoms with E-state index in [0.29, 0.717) is 31.2 Å². The average molecular weight is 314 g/mol. The van der Waals surface area contributed by atoms with Crippen LogP contribution in [-0.2, 0) is 17.9 Å². The van der Waals surface area contributed by atoms with Crippen LogP contribution in [0.2, 0.25) is 4.34 Å². The highest BCUT2D eigenvalue weighted by atomic mass is 35.5. The Morgan fingerprint density at radius 1 is 1.40 bits per heavy atom. The van der Waals surface area contributed by atoms with Gasteiger partial charge in [0.05, 0.1) is 10.9 Å². The van der Waals surface area contributed by atoms with Crippen LogP contribution in [-0.4, -0.2) is 24.5 Å². The van der Waals surface area contributed by atoms with Crippen molar-refractivity contribution < 1.29 is 13.9 Å². The number of hydrogen-bond donors (Lipinski definition) is 0. The molecule has 0 aliphatic rings. The number of nitrogens with zero attached hydrogens (tertiary/aromatic N) is 1. The molecule has 4 nitrogen and oxygen atoms in total. The smallest absolute Gasteiger partial charge is 0.289 e. The van der Waals surface area contributed by atoms with Gasteiger partial charge < -0.3 is 14.1 Å². The first-order chi connectivity index (χ1) is 9.63. The molecule has 0 unspecified atom stereocenters. The molecule has 0 aliphatic heterocycles. The van der Waals surface area contributed by atoms with Crippen molar-refractivity contribution in [3.8, 4) is 0 Å². The van der Waals surface area contributed by atoms with Crippen LogP contribution in [0.15, 0.2) is 28.7 Å². The number of carbonyl (C=O) groups excluding carboxylic acids is 1. The van der Waals surface area contributed by atoms with Gasteiger partial charge in [-0.15, -0.1) is 11.3 Å². The van der Waals surface area contributed by atoms with E-state index in [1.165, 1.54) is 11.3 Å². The quantitative estimate of drug-likeness (QED) is 0.814. The van der Waals surface area contributed by atoms with Crippen LogP contribution in [0.3, 0.4) is 0 Å². The number of carbonyl (C=O) groups is 1. The number of rotatable bonds is 6. The lowest BCUT2D eigenvalue weighted by Gasteiger charge is -2.18. The van der Waals surface area contributed by atoms with Crippen LogP contribution in [0.1, 0.15) is 28.1 Å². The largest absolute Gasteiger partial charge is 0.453 e. The third-order valence-corrected chi connectivity index (χ3v) is 4.02. The van der Waals surface area contributed by atoms with Crippen molar-refractivity contribution in [2.24, 2.45) is 0 Å². The summed E-state index contributed by atoms with van der Waals surface area (Å²) in [6.07, 6.45) is 0. The number of thiophene rings is 1. The van der Waals surface area contributed by atoms with E-state index >= 15 is 0 Å². The Hall–Kier alpha value is -1.30. The first-order valence-electron chi connectivity index (χ1n) is 6.25. The molecular weight excluding hydrogens is 298 g/mol. The van der Waals surface area contributed by atoms with Crippen molar-refractivity contribution in [1.29, 1.82) is 0 Å². The molecule has 0 aliphatic carbocycles. The maximum atomic E-state index is 12.4. The first-order valence-corrected chi connectivity index (χ1v) is 7.44. The van der Waals surface area contributed by atoms with Crippen LogP contribution < -0.4 is 0 Å². The van der Waals surface area contributed by atoms with Gasteiger partial charge in [0.2, 0.25) is 0 Å². The summed E-state index contributed by atoms with van der Waals surface area (Å²) in [4.78, 5) is 15.1. The molecule has 1 amide bonds. The Morgan fingerprint density at radius 3 is 2.80 bits per heavy atom. The summed E-state index contributed by atoms with van der Waals surface area (Å²) in [5, 5.41) is 0. The molecule has 2 heterocycles. The molecule has 0 saturated heterocycles. The number of halogens is 1. The Labute approximate surface area is 126 Å². The molecule has 0 fully saturated rings. The molecule has 0 N–H and O–H groups in total. The topological polar surface area (TPSA) is 42.7 Å². The second-order valence-corrected chi connectivity index (χ2v) is 6.02. The predicted octanol–water partition coefficient (Wildman–Crippen LogP) is 3.80. The van der Waals surface area contributed by atoms with Gasteiger partial charge in [-0.2, -0.15) is 0 Å². The summed E-state index contributed by atoms with van der Waals surface area (Å²) < 4.78 is 11.2. The minimum atomic E-state index is -0.126. The Morgan fingerprint density at radius 2 is 2.20 bits per heavy atom. The van der Waals surface area contributed by atoms with Gasteiger partial charge in [-0.05, 0) is 31.2 Å². The number of amides is 1. The molecule has 0 spiro atoms. The van der Waals surface area contributed by atoms with E-state index in [4.69, 9.17) is 20.8 Å². The summed E-state index contributed by atoms with van der Waals surface area (Å²) in [7, 11) is 1.59. The van der Waals surface area contributed by atoms with Crippen LogP contribution >= 0.6 is 22.9 Å². The number of furan rings is 1. The molecule has 0 aromatic carbocycles. The van der Waals surface area contributed by atoms with Crippen molar-refractivity contribution in [2.45, 2.75) is 20.1 Å². The molecule has 2 aromatic rings. The van der Waals surface area contributed by atoms with E-state index in [1.54, 1.807) is 24.1 Å². The van der Waals surface area contributed by atoms with Crippen LogP contribution in [0.4, 0.5) is 0 Å². The molecule has 0 saturated carbocycles. The second-order valence-electron chi connectivity index (χ2n) is 4.22. The van der Waals surface area contributed by atoms with E-state index < -0.39 is 0 Å². The fourth-order valence-electron chi connectivity index (χ4n) is 1.82. The fraction of sp³-hybridized carbons (Fsp3) is 0.357. The maximum Gasteiger partial charge on any atom is 0.289 e. The van der Waals surface area contributed by atoms with Crippen molar-refractivity contribution in [2.75, 3.05) is 13.7 Å². The Balaban J connectivity index is 2.07. The summed E-state index contributed by atoms with van der Waals surface area (Å²) >= 11 is 7.38. The third kappa shape index (κ3) is 3.62. The van der Waals surface area contributed by atoms with E-state index in [2.05, 4.69) is 0 Å². The minimum absolute atomic E-state index is 0.126. The standard InChI is InChI=1S/C14H16ClNO3S/c1-3-16(8-11-5-7-13(15)20-11)14(17)12-6-4-10(19-12)9-18-2/h4-7H,3,8-9H2,1-2H3. The normalized spacial score (nSPS) is 10.8. The highest BCUT2D eigenvalue weighted by Gasteiger charge is 2.19. The molecule has 0 bridgehead atoms. The van der Waals surface area contributed by atoms with Gasteiger partial charge in [0.15, 0.2) is 5.76 Å². The Kier molecular flexibility index (Phi) is 5.23. The second kappa shape index (κ2) is 6.92. The van der Waals surface area contributed by atoms with Crippen molar-refractivity contribution >= 4 is 28.8 Å². The van der Waals surface area contributed by atoms with Gasteiger partial charge >= 0.3 is 0 Å². The molecular formula is C14H16ClNO3S. The molecule has 6 heteroatoms. The van der Waals surface area contributed by atoms with Crippen molar-refractivity contribution in [3.63, 3.8) is 0 Å². The maximum absolute atomic E-state index is 12.4. The summed E-state index contributed by atoms with van der Waals surface area (Å²) in [5.41, 5.74) is 0. The zero-order chi connectivity index (χ0) is 14.5. The van der Waals surface area contributed by atoms with E-state index in [0.717, 1.165) is 9.21 Å². The fourth-order valence-corrected chi connectivity index (χ4v) is 2.92. The van der Waals surface area contributed by atoms with Crippen LogP contribution in [0, 0.1) is 0 Å². The van der Waals surface area contributed by atoms with E-state index in [9.17, 15) is 4.79 Å². The van der Waals surface area contributed by atoms with Gasteiger partial charge in [-0.25, -0.2) is 0 Å². The number of methoxy groups -OCH3 is 1. The summed E-state index contributed by atoms with van der Waals surface area (Å²) in [6.45, 7) is 3.44. The number of ether oxygens (including phenoxy) is 1. The zero-order valence-electron chi connectivity index (χ0n) is 11.4. The van der Waals surface area contributed by atoms with Crippen LogP contribution in [0.5, 0.6) is 0 Å². The molecule has 2 aromatic heterocycles. The van der Waals surface area contributed by atoms with Crippen molar-refractivity contribution in [3.05, 3.63) is 45.0 Å². The lowest BCUT2D eigenvalue weighted by molar-refractivity contribution is 0.0714. The summed E-state index contributed by atoms with van der Waals surface area (Å²) in [5.74, 6) is 0.854. The van der Waals surface area contributed by atoms with Gasteiger partial charge in [0, 0.05) is 18.5 Å². The molecule has 0 atom stereocenters. The average Bonchev–Trinajstić information content (AvgIpc) is 3.05. The highest BCUT2D eigenvalue weighted by molar-refractivity contribution is 7.16. The molecule has 2 rings (SSSR count). The molecule has 0 radical (unpaired) electrons. The Bertz CT molecular complexity index is 578. The van der Waals surface area contributed by atoms with Crippen LogP contribution in [0.25, 0.3) is 0 Å². The highest BCUT2D eigenvalue weighted by Crippen LogP contribution is 2.23. The van der Waals surface area contributed by atoms with E-state index in [-0.39, 0.29) is 5.91 Å². The van der Waals surface area contributed by atoms with Gasteiger partial charge in [-0.3, -0.25) is 4.79 Å². The zero-order valence-corrected chi connectivity index (χ0v) is 13.0. The van der Waals surface area contributed by atoms with Gasteiger partial charge in [-0.1, -0.05) is 11.6 Å². The lowest BCUT2D eigenvalue weighted by atomic mass is 10.3. The summed E-state index contributed by atoms with van der Waals surface area (Å²) in [6, 6.07) is 7.21. The van der Waals surface area contributed by atoms with Gasteiger partial charge in [0.25, 0.3) is 5.91 Å². The lowest BCUT2D eigenvalue weighted by Crippen LogP contribution is -2.29. The van der Waals surface area contributed by atoms with E-state index in [1.807, 2.05) is 19.1 Å². The number of hydrogen-bond acceptors (Lipinski definition) is 4. The monoisotopic (exact) mass is 313 g/mol. The molecule has 20 heavy (non-hydrogen) atoms. The SMILES string of the molecule is CCN(Cc1ccc(Cl)s1)C(=O)c1ccc(COC)o1. The molecule has 108 valence electrons. The van der Waals surface area contributed by atoms with Crippen molar-refractivity contribution in [1.82, 2.24) is 4.90 Å². The van der Waals surface area contributed by atoms with Gasteiger partial charge in [0.1, 0.15) is 12.4 Å².